The number of aromatic nitrogens is 5. The summed E-state index contributed by atoms with van der Waals surface area (Å²) < 4.78 is 3.89. The molecule has 0 saturated heterocycles. The maximum atomic E-state index is 13.1. The molecule has 1 aliphatic heterocycles. The summed E-state index contributed by atoms with van der Waals surface area (Å²) in [6, 6.07) is 1.88. The molecule has 4 heterocycles. The number of rotatable bonds is 4. The molecule has 0 bridgehead atoms. The zero-order valence-corrected chi connectivity index (χ0v) is 19.6. The van der Waals surface area contributed by atoms with Crippen molar-refractivity contribution in [3.8, 4) is 11.1 Å². The molecule has 2 atom stereocenters. The van der Waals surface area contributed by atoms with Crippen molar-refractivity contribution in [1.29, 1.82) is 0 Å². The molecule has 1 amide bonds. The molecular weight excluding hydrogens is 424 g/mol. The number of hydrogen-bond acceptors (Lipinski definition) is 4. The molecule has 2 aliphatic rings. The Morgan fingerprint density at radius 1 is 1.19 bits per heavy atom. The molecule has 0 spiro atoms. The van der Waals surface area contributed by atoms with E-state index in [1.54, 1.807) is 6.20 Å². The third-order valence-corrected chi connectivity index (χ3v) is 7.11. The van der Waals surface area contributed by atoms with Crippen LogP contribution in [0.15, 0.2) is 30.9 Å². The Kier molecular flexibility index (Phi) is 5.32. The largest absolute Gasteiger partial charge is 0.310 e. The number of nitrogens with zero attached hydrogens (tertiary/aromatic N) is 5. The summed E-state index contributed by atoms with van der Waals surface area (Å²) in [6.45, 7) is 5.39. The number of nitrogens with one attached hydrogen (secondary N) is 1. The Morgan fingerprint density at radius 3 is 2.81 bits per heavy atom. The maximum absolute atomic E-state index is 13.1. The second-order valence-corrected chi connectivity index (χ2v) is 10.5. The van der Waals surface area contributed by atoms with Gasteiger partial charge in [0.25, 0.3) is 0 Å². The quantitative estimate of drug-likeness (QED) is 0.615. The van der Waals surface area contributed by atoms with Crippen LogP contribution in [0.25, 0.3) is 11.1 Å². The van der Waals surface area contributed by atoms with Crippen molar-refractivity contribution < 1.29 is 4.79 Å². The highest BCUT2D eigenvalue weighted by Crippen LogP contribution is 2.40. The lowest BCUT2D eigenvalue weighted by molar-refractivity contribution is -0.120. The monoisotopic (exact) mass is 452 g/mol. The Hall–Kier alpha value is -2.67. The fraction of sp³-hybridized carbons (Fsp3) is 0.500. The number of carbonyl (C=O) groups excluding carboxylic acids is 1. The molecule has 3 aromatic rings. The molecule has 7 nitrogen and oxygen atoms in total. The summed E-state index contributed by atoms with van der Waals surface area (Å²) in [4.78, 5) is 17.5. The van der Waals surface area contributed by atoms with Crippen molar-refractivity contribution in [2.24, 2.45) is 18.4 Å². The van der Waals surface area contributed by atoms with Crippen LogP contribution in [0, 0.1) is 11.3 Å². The summed E-state index contributed by atoms with van der Waals surface area (Å²) in [5.74, 6) is 0.909. The average molecular weight is 453 g/mol. The number of carbonyl (C=O) groups is 1. The zero-order valence-electron chi connectivity index (χ0n) is 18.8. The van der Waals surface area contributed by atoms with Crippen molar-refractivity contribution in [3.63, 3.8) is 0 Å². The van der Waals surface area contributed by atoms with Gasteiger partial charge in [0.2, 0.25) is 5.91 Å². The van der Waals surface area contributed by atoms with E-state index in [-0.39, 0.29) is 17.2 Å². The smallest absolute Gasteiger partial charge is 0.228 e. The lowest BCUT2D eigenvalue weighted by Crippen LogP contribution is -2.27. The molecule has 1 N–H and O–H groups in total. The van der Waals surface area contributed by atoms with Crippen LogP contribution in [-0.2, 0) is 24.8 Å². The van der Waals surface area contributed by atoms with Gasteiger partial charge in [-0.3, -0.25) is 14.2 Å². The average Bonchev–Trinajstić information content (AvgIpc) is 3.43. The first-order chi connectivity index (χ1) is 15.3. The van der Waals surface area contributed by atoms with Gasteiger partial charge in [0.15, 0.2) is 0 Å². The predicted molar refractivity (Wildman–Crippen MR) is 124 cm³/mol. The topological polar surface area (TPSA) is 77.6 Å². The van der Waals surface area contributed by atoms with Gasteiger partial charge in [-0.15, -0.1) is 0 Å². The van der Waals surface area contributed by atoms with E-state index in [1.807, 2.05) is 30.2 Å². The molecule has 3 aromatic heterocycles. The van der Waals surface area contributed by atoms with Crippen molar-refractivity contribution in [2.45, 2.75) is 58.4 Å². The lowest BCUT2D eigenvalue weighted by Gasteiger charge is -2.27. The van der Waals surface area contributed by atoms with Crippen LogP contribution < -0.4 is 5.32 Å². The van der Waals surface area contributed by atoms with Gasteiger partial charge >= 0.3 is 0 Å². The van der Waals surface area contributed by atoms with Crippen LogP contribution in [0.2, 0.25) is 5.02 Å². The Bertz CT molecular complexity index is 1160. The number of aryl methyl sites for hydroxylation is 1. The molecule has 8 heteroatoms. The molecular formula is C24H29ClN6O. The molecule has 1 saturated carbocycles. The van der Waals surface area contributed by atoms with Gasteiger partial charge in [-0.1, -0.05) is 31.9 Å². The number of fused-ring (bicyclic) bond motifs is 1. The van der Waals surface area contributed by atoms with Gasteiger partial charge in [0.05, 0.1) is 17.4 Å². The summed E-state index contributed by atoms with van der Waals surface area (Å²) in [5, 5.41) is 12.5. The highest BCUT2D eigenvalue weighted by Gasteiger charge is 2.32. The molecule has 1 aliphatic carbocycles. The molecule has 168 valence electrons. The van der Waals surface area contributed by atoms with E-state index in [1.165, 1.54) is 11.3 Å². The lowest BCUT2D eigenvalue weighted by atomic mass is 9.78. The van der Waals surface area contributed by atoms with Crippen molar-refractivity contribution >= 4 is 23.3 Å². The third kappa shape index (κ3) is 4.06. The fourth-order valence-corrected chi connectivity index (χ4v) is 5.40. The summed E-state index contributed by atoms with van der Waals surface area (Å²) >= 11 is 6.51. The maximum Gasteiger partial charge on any atom is 0.228 e. The zero-order chi connectivity index (χ0) is 22.5. The van der Waals surface area contributed by atoms with Gasteiger partial charge < -0.3 is 5.32 Å². The predicted octanol–water partition coefficient (Wildman–Crippen LogP) is 4.83. The summed E-state index contributed by atoms with van der Waals surface area (Å²) in [5.41, 5.74) is 4.48. The number of pyridine rings is 1. The van der Waals surface area contributed by atoms with E-state index in [2.05, 4.69) is 45.2 Å². The van der Waals surface area contributed by atoms with E-state index < -0.39 is 0 Å². The molecule has 1 unspecified atom stereocenters. The van der Waals surface area contributed by atoms with Crippen LogP contribution in [0.5, 0.6) is 0 Å². The number of halogens is 1. The first kappa shape index (κ1) is 21.2. The summed E-state index contributed by atoms with van der Waals surface area (Å²) in [7, 11) is 1.93. The molecule has 0 aromatic carbocycles. The van der Waals surface area contributed by atoms with Crippen molar-refractivity contribution in [3.05, 3.63) is 47.1 Å². The fourth-order valence-electron chi connectivity index (χ4n) is 5.20. The van der Waals surface area contributed by atoms with Gasteiger partial charge in [0, 0.05) is 48.7 Å². The van der Waals surface area contributed by atoms with Crippen molar-refractivity contribution in [2.75, 3.05) is 5.32 Å². The Morgan fingerprint density at radius 2 is 2.03 bits per heavy atom. The van der Waals surface area contributed by atoms with Crippen LogP contribution in [0.1, 0.15) is 56.7 Å². The molecule has 1 fully saturated rings. The molecule has 5 rings (SSSR count). The van der Waals surface area contributed by atoms with Crippen molar-refractivity contribution in [1.82, 2.24) is 24.5 Å². The Labute approximate surface area is 193 Å². The minimum absolute atomic E-state index is 0.0285. The van der Waals surface area contributed by atoms with Crippen LogP contribution in [0.4, 0.5) is 5.82 Å². The second kappa shape index (κ2) is 8.03. The molecule has 32 heavy (non-hydrogen) atoms. The van der Waals surface area contributed by atoms with E-state index >= 15 is 0 Å². The minimum atomic E-state index is -0.0314. The number of amides is 1. The normalized spacial score (nSPS) is 22.0. The van der Waals surface area contributed by atoms with Crippen LogP contribution in [-0.4, -0.2) is 30.5 Å². The van der Waals surface area contributed by atoms with Gasteiger partial charge in [-0.2, -0.15) is 10.2 Å². The van der Waals surface area contributed by atoms with Crippen LogP contribution >= 0.6 is 11.6 Å². The number of anilines is 1. The first-order valence-corrected chi connectivity index (χ1v) is 11.7. The van der Waals surface area contributed by atoms with Crippen LogP contribution in [0.3, 0.4) is 0 Å². The SMILES string of the molecule is Cn1cc([C@@H]2CCCC(C(=O)Nc3cc(-c4cnn5c4CC(C)(C)C5)c(Cl)cn3)C2)cn1. The second-order valence-electron chi connectivity index (χ2n) is 10.1. The van der Waals surface area contributed by atoms with E-state index in [0.717, 1.165) is 49.8 Å². The van der Waals surface area contributed by atoms with E-state index in [9.17, 15) is 4.79 Å². The van der Waals surface area contributed by atoms with E-state index in [4.69, 9.17) is 11.6 Å². The first-order valence-electron chi connectivity index (χ1n) is 11.3. The summed E-state index contributed by atoms with van der Waals surface area (Å²) in [6.07, 6.45) is 12.3. The van der Waals surface area contributed by atoms with E-state index in [0.29, 0.717) is 16.8 Å². The molecule has 0 radical (unpaired) electrons. The van der Waals surface area contributed by atoms with Gasteiger partial charge in [-0.25, -0.2) is 4.98 Å². The number of hydrogen-bond donors (Lipinski definition) is 1. The van der Waals surface area contributed by atoms with Gasteiger partial charge in [0.1, 0.15) is 5.82 Å². The highest BCUT2D eigenvalue weighted by molar-refractivity contribution is 6.33. The highest BCUT2D eigenvalue weighted by atomic mass is 35.5. The van der Waals surface area contributed by atoms with Gasteiger partial charge in [-0.05, 0) is 48.6 Å². The standard InChI is InChI=1S/C24H29ClN6O/c1-24(2)9-21-19(11-28-31(21)14-24)18-8-22(26-12-20(18)25)29-23(32)16-6-4-5-15(7-16)17-10-27-30(3)13-17/h8,10-13,15-16H,4-7,9,14H2,1-3H3,(H,26,29,32)/t15-,16?/m1/s1. The third-order valence-electron chi connectivity index (χ3n) is 6.81. The Balaban J connectivity index is 1.33. The minimum Gasteiger partial charge on any atom is -0.310 e.